The summed E-state index contributed by atoms with van der Waals surface area (Å²) in [5.41, 5.74) is 2.06. The molecule has 0 aliphatic carbocycles. The second-order valence-corrected chi connectivity index (χ2v) is 8.61. The van der Waals surface area contributed by atoms with Gasteiger partial charge in [-0.1, -0.05) is 30.3 Å². The van der Waals surface area contributed by atoms with Crippen molar-refractivity contribution in [2.24, 2.45) is 0 Å². The maximum Gasteiger partial charge on any atom is 0.262 e. The first kappa shape index (κ1) is 22.3. The van der Waals surface area contributed by atoms with Crippen molar-refractivity contribution in [2.75, 3.05) is 17.1 Å². The molecule has 3 aromatic rings. The Kier molecular flexibility index (Phi) is 6.91. The lowest BCUT2D eigenvalue weighted by Crippen LogP contribution is -2.16. The van der Waals surface area contributed by atoms with Gasteiger partial charge in [0.2, 0.25) is 5.91 Å². The van der Waals surface area contributed by atoms with Crippen LogP contribution in [0.25, 0.3) is 0 Å². The van der Waals surface area contributed by atoms with Gasteiger partial charge in [0.25, 0.3) is 10.0 Å². The van der Waals surface area contributed by atoms with E-state index in [-0.39, 0.29) is 23.0 Å². The molecule has 3 aromatic carbocycles. The van der Waals surface area contributed by atoms with Crippen molar-refractivity contribution < 1.29 is 22.3 Å². The third kappa shape index (κ3) is 5.82. The standard InChI is InChI=1S/C23H23FN2O4S/c1-16-7-13-19(25-23(27)14-10-17-8-11-18(24)12-9-17)15-22(16)31(28,29)26-20-5-3-4-6-21(20)30-2/h3-9,11-13,15,26H,10,14H2,1-2H3,(H,25,27). The van der Waals surface area contributed by atoms with Crippen LogP contribution in [0.5, 0.6) is 5.75 Å². The van der Waals surface area contributed by atoms with Gasteiger partial charge in [0.05, 0.1) is 17.7 Å². The Labute approximate surface area is 181 Å². The highest BCUT2D eigenvalue weighted by molar-refractivity contribution is 7.92. The molecule has 8 heteroatoms. The predicted molar refractivity (Wildman–Crippen MR) is 118 cm³/mol. The lowest BCUT2D eigenvalue weighted by Gasteiger charge is -2.14. The first-order valence-electron chi connectivity index (χ1n) is 9.59. The van der Waals surface area contributed by atoms with Crippen LogP contribution in [0.15, 0.2) is 71.6 Å². The average molecular weight is 443 g/mol. The van der Waals surface area contributed by atoms with Crippen molar-refractivity contribution >= 4 is 27.3 Å². The second kappa shape index (κ2) is 9.61. The fourth-order valence-electron chi connectivity index (χ4n) is 3.03. The summed E-state index contributed by atoms with van der Waals surface area (Å²) in [6.07, 6.45) is 0.625. The molecule has 2 N–H and O–H groups in total. The number of sulfonamides is 1. The Morgan fingerprint density at radius 2 is 1.74 bits per heavy atom. The van der Waals surface area contributed by atoms with Crippen LogP contribution >= 0.6 is 0 Å². The van der Waals surface area contributed by atoms with Crippen molar-refractivity contribution in [1.82, 2.24) is 0 Å². The van der Waals surface area contributed by atoms with E-state index in [2.05, 4.69) is 10.0 Å². The number of carbonyl (C=O) groups is 1. The van der Waals surface area contributed by atoms with Gasteiger partial charge in [0.1, 0.15) is 11.6 Å². The van der Waals surface area contributed by atoms with Crippen LogP contribution in [-0.4, -0.2) is 21.4 Å². The van der Waals surface area contributed by atoms with Crippen LogP contribution in [0.1, 0.15) is 17.5 Å². The minimum absolute atomic E-state index is 0.0507. The molecule has 0 heterocycles. The van der Waals surface area contributed by atoms with Crippen LogP contribution in [0, 0.1) is 12.7 Å². The van der Waals surface area contributed by atoms with E-state index < -0.39 is 10.0 Å². The number of hydrogen-bond donors (Lipinski definition) is 2. The fraction of sp³-hybridized carbons (Fsp3) is 0.174. The highest BCUT2D eigenvalue weighted by Crippen LogP contribution is 2.28. The van der Waals surface area contributed by atoms with Crippen LogP contribution in [-0.2, 0) is 21.2 Å². The van der Waals surface area contributed by atoms with Gasteiger partial charge in [0, 0.05) is 12.1 Å². The minimum Gasteiger partial charge on any atom is -0.495 e. The van der Waals surface area contributed by atoms with Gasteiger partial charge in [-0.3, -0.25) is 9.52 Å². The molecule has 0 bridgehead atoms. The summed E-state index contributed by atoms with van der Waals surface area (Å²) in [5, 5.41) is 2.72. The number of benzene rings is 3. The molecular weight excluding hydrogens is 419 g/mol. The molecule has 0 unspecified atom stereocenters. The number of nitrogens with one attached hydrogen (secondary N) is 2. The first-order valence-corrected chi connectivity index (χ1v) is 11.1. The van der Waals surface area contributed by atoms with Crippen LogP contribution in [0.3, 0.4) is 0 Å². The lowest BCUT2D eigenvalue weighted by molar-refractivity contribution is -0.116. The normalized spacial score (nSPS) is 11.1. The van der Waals surface area contributed by atoms with Gasteiger partial charge in [0.15, 0.2) is 0 Å². The van der Waals surface area contributed by atoms with Crippen molar-refractivity contribution in [1.29, 1.82) is 0 Å². The largest absolute Gasteiger partial charge is 0.495 e. The summed E-state index contributed by atoms with van der Waals surface area (Å²) < 4.78 is 46.6. The molecule has 3 rings (SSSR count). The highest BCUT2D eigenvalue weighted by atomic mass is 32.2. The number of carbonyl (C=O) groups excluding carboxylic acids is 1. The fourth-order valence-corrected chi connectivity index (χ4v) is 4.37. The molecule has 0 fully saturated rings. The van der Waals surface area contributed by atoms with Gasteiger partial charge in [-0.25, -0.2) is 12.8 Å². The van der Waals surface area contributed by atoms with Crippen LogP contribution in [0.4, 0.5) is 15.8 Å². The average Bonchev–Trinajstić information content (AvgIpc) is 2.74. The Hall–Kier alpha value is -3.39. The number of para-hydroxylation sites is 2. The molecule has 0 saturated carbocycles. The summed E-state index contributed by atoms with van der Waals surface area (Å²) in [5.74, 6) is -0.202. The van der Waals surface area contributed by atoms with Gasteiger partial charge >= 0.3 is 0 Å². The van der Waals surface area contributed by atoms with Crippen LogP contribution in [0.2, 0.25) is 0 Å². The molecule has 0 spiro atoms. The number of methoxy groups -OCH3 is 1. The summed E-state index contributed by atoms with van der Waals surface area (Å²) in [4.78, 5) is 12.4. The summed E-state index contributed by atoms with van der Waals surface area (Å²) in [6, 6.07) is 17.3. The zero-order valence-corrected chi connectivity index (χ0v) is 18.0. The quantitative estimate of drug-likeness (QED) is 0.537. The van der Waals surface area contributed by atoms with Gasteiger partial charge in [-0.15, -0.1) is 0 Å². The molecule has 0 saturated heterocycles. The van der Waals surface area contributed by atoms with Gasteiger partial charge < -0.3 is 10.1 Å². The summed E-state index contributed by atoms with van der Waals surface area (Å²) in [6.45, 7) is 1.68. The second-order valence-electron chi connectivity index (χ2n) is 6.96. The van der Waals surface area contributed by atoms with Crippen LogP contribution < -0.4 is 14.8 Å². The highest BCUT2D eigenvalue weighted by Gasteiger charge is 2.20. The predicted octanol–water partition coefficient (Wildman–Crippen LogP) is 4.51. The number of halogens is 1. The van der Waals surface area contributed by atoms with Crippen molar-refractivity contribution in [3.63, 3.8) is 0 Å². The molecule has 162 valence electrons. The number of anilines is 2. The van der Waals surface area contributed by atoms with E-state index in [0.717, 1.165) is 5.56 Å². The van der Waals surface area contributed by atoms with E-state index in [1.165, 1.54) is 25.3 Å². The molecule has 0 aliphatic heterocycles. The zero-order chi connectivity index (χ0) is 22.4. The van der Waals surface area contributed by atoms with Crippen molar-refractivity contribution in [3.8, 4) is 5.75 Å². The molecule has 31 heavy (non-hydrogen) atoms. The third-order valence-electron chi connectivity index (χ3n) is 4.67. The van der Waals surface area contributed by atoms with Gasteiger partial charge in [-0.2, -0.15) is 0 Å². The number of ether oxygens (including phenoxy) is 1. The number of aryl methyl sites for hydroxylation is 2. The molecule has 0 aromatic heterocycles. The van der Waals surface area contributed by atoms with E-state index in [9.17, 15) is 17.6 Å². The minimum atomic E-state index is -3.91. The molecule has 0 radical (unpaired) electrons. The molecule has 0 aliphatic rings. The molecule has 6 nitrogen and oxygen atoms in total. The maximum atomic E-state index is 13.0. The third-order valence-corrected chi connectivity index (χ3v) is 6.17. The monoisotopic (exact) mass is 442 g/mol. The van der Waals surface area contributed by atoms with E-state index in [4.69, 9.17) is 4.74 Å². The van der Waals surface area contributed by atoms with E-state index in [1.807, 2.05) is 0 Å². The van der Waals surface area contributed by atoms with Gasteiger partial charge in [-0.05, 0) is 60.9 Å². The number of hydrogen-bond acceptors (Lipinski definition) is 4. The lowest BCUT2D eigenvalue weighted by atomic mass is 10.1. The Balaban J connectivity index is 1.73. The zero-order valence-electron chi connectivity index (χ0n) is 17.2. The molecular formula is C23H23FN2O4S. The Morgan fingerprint density at radius 3 is 2.45 bits per heavy atom. The van der Waals surface area contributed by atoms with Crippen molar-refractivity contribution in [2.45, 2.75) is 24.7 Å². The summed E-state index contributed by atoms with van der Waals surface area (Å²) >= 11 is 0. The number of rotatable bonds is 8. The first-order chi connectivity index (χ1) is 14.8. The topological polar surface area (TPSA) is 84.5 Å². The Bertz CT molecular complexity index is 1180. The number of amides is 1. The Morgan fingerprint density at radius 1 is 1.03 bits per heavy atom. The van der Waals surface area contributed by atoms with E-state index >= 15 is 0 Å². The molecule has 0 atom stereocenters. The molecule has 1 amide bonds. The maximum absolute atomic E-state index is 13.0. The summed E-state index contributed by atoms with van der Waals surface area (Å²) in [7, 11) is -2.45. The smallest absolute Gasteiger partial charge is 0.262 e. The van der Waals surface area contributed by atoms with E-state index in [0.29, 0.717) is 29.1 Å². The van der Waals surface area contributed by atoms with Crippen molar-refractivity contribution in [3.05, 3.63) is 83.7 Å². The van der Waals surface area contributed by atoms with E-state index in [1.54, 1.807) is 55.5 Å². The SMILES string of the molecule is COc1ccccc1NS(=O)(=O)c1cc(NC(=O)CCc2ccc(F)cc2)ccc1C.